The molecule has 7 heteroatoms. The van der Waals surface area contributed by atoms with Crippen molar-refractivity contribution in [1.82, 2.24) is 10.3 Å². The van der Waals surface area contributed by atoms with Gasteiger partial charge in [-0.3, -0.25) is 4.79 Å². The van der Waals surface area contributed by atoms with E-state index in [1.165, 1.54) is 16.7 Å². The molecule has 19 heavy (non-hydrogen) atoms. The van der Waals surface area contributed by atoms with Crippen LogP contribution in [0.15, 0.2) is 5.38 Å². The van der Waals surface area contributed by atoms with E-state index in [0.717, 1.165) is 25.9 Å². The van der Waals surface area contributed by atoms with Crippen LogP contribution in [0, 0.1) is 0 Å². The summed E-state index contributed by atoms with van der Waals surface area (Å²) in [6.07, 6.45) is 3.46. The first-order valence-corrected chi connectivity index (χ1v) is 7.09. The molecule has 1 aliphatic heterocycles. The van der Waals surface area contributed by atoms with E-state index in [-0.39, 0.29) is 24.2 Å². The van der Waals surface area contributed by atoms with Crippen LogP contribution in [-0.2, 0) is 16.1 Å². The van der Waals surface area contributed by atoms with E-state index >= 15 is 0 Å². The summed E-state index contributed by atoms with van der Waals surface area (Å²) in [4.78, 5) is 26.3. The van der Waals surface area contributed by atoms with E-state index in [0.29, 0.717) is 11.4 Å². The third-order valence-electron chi connectivity index (χ3n) is 2.89. The van der Waals surface area contributed by atoms with Gasteiger partial charge < -0.3 is 15.2 Å². The number of aromatic nitrogens is 1. The second kappa shape index (κ2) is 6.63. The van der Waals surface area contributed by atoms with Crippen LogP contribution in [0.2, 0.25) is 0 Å². The quantitative estimate of drug-likeness (QED) is 0.853. The molecule has 2 rings (SSSR count). The summed E-state index contributed by atoms with van der Waals surface area (Å²) < 4.78 is 5.48. The fourth-order valence-electron chi connectivity index (χ4n) is 1.91. The lowest BCUT2D eigenvalue weighted by Crippen LogP contribution is -2.30. The number of rotatable bonds is 5. The smallest absolute Gasteiger partial charge is 0.355 e. The minimum Gasteiger partial charge on any atom is -0.476 e. The highest BCUT2D eigenvalue weighted by atomic mass is 32.1. The highest BCUT2D eigenvalue weighted by molar-refractivity contribution is 7.09. The zero-order valence-electron chi connectivity index (χ0n) is 10.4. The van der Waals surface area contributed by atoms with E-state index in [1.807, 2.05) is 0 Å². The number of aromatic carboxylic acids is 1. The summed E-state index contributed by atoms with van der Waals surface area (Å²) in [7, 11) is 0. The molecule has 0 aromatic carbocycles. The fourth-order valence-corrected chi connectivity index (χ4v) is 2.62. The number of carbonyl (C=O) groups is 2. The van der Waals surface area contributed by atoms with Crippen LogP contribution < -0.4 is 5.32 Å². The molecule has 0 saturated carbocycles. The maximum absolute atomic E-state index is 11.7. The molecule has 1 amide bonds. The second-order valence-electron chi connectivity index (χ2n) is 4.40. The van der Waals surface area contributed by atoms with Crippen LogP contribution in [0.5, 0.6) is 0 Å². The average Bonchev–Trinajstić information content (AvgIpc) is 2.86. The van der Waals surface area contributed by atoms with Crippen molar-refractivity contribution < 1.29 is 19.4 Å². The van der Waals surface area contributed by atoms with Gasteiger partial charge in [0.2, 0.25) is 5.91 Å². The molecule has 104 valence electrons. The van der Waals surface area contributed by atoms with Crippen molar-refractivity contribution in [3.63, 3.8) is 0 Å². The fraction of sp³-hybridized carbons (Fsp3) is 0.583. The zero-order chi connectivity index (χ0) is 13.7. The summed E-state index contributed by atoms with van der Waals surface area (Å²) in [5.41, 5.74) is 0.0184. The number of amides is 1. The van der Waals surface area contributed by atoms with Gasteiger partial charge in [0.05, 0.1) is 19.1 Å². The van der Waals surface area contributed by atoms with Gasteiger partial charge in [-0.2, -0.15) is 0 Å². The molecular weight excluding hydrogens is 268 g/mol. The lowest BCUT2D eigenvalue weighted by atomic mass is 10.1. The third-order valence-corrected chi connectivity index (χ3v) is 3.74. The number of hydrogen-bond donors (Lipinski definition) is 2. The zero-order valence-corrected chi connectivity index (χ0v) is 11.2. The first-order chi connectivity index (χ1) is 9.15. The number of carboxylic acid groups (broad SMARTS) is 1. The third kappa shape index (κ3) is 4.29. The van der Waals surface area contributed by atoms with E-state index in [1.54, 1.807) is 0 Å². The Bertz CT molecular complexity index is 454. The van der Waals surface area contributed by atoms with Gasteiger partial charge in [0.15, 0.2) is 5.69 Å². The van der Waals surface area contributed by atoms with Gasteiger partial charge in [0.1, 0.15) is 5.01 Å². The van der Waals surface area contributed by atoms with Crippen molar-refractivity contribution in [2.24, 2.45) is 0 Å². The van der Waals surface area contributed by atoms with Crippen molar-refractivity contribution in [2.75, 3.05) is 6.61 Å². The molecule has 0 bridgehead atoms. The first kappa shape index (κ1) is 14.0. The first-order valence-electron chi connectivity index (χ1n) is 6.21. The number of carbonyl (C=O) groups excluding carboxylic acids is 1. The number of nitrogens with zero attached hydrogens (tertiary/aromatic N) is 1. The van der Waals surface area contributed by atoms with Crippen LogP contribution in [-0.4, -0.2) is 34.7 Å². The molecule has 0 spiro atoms. The topological polar surface area (TPSA) is 88.5 Å². The highest BCUT2D eigenvalue weighted by Crippen LogP contribution is 2.15. The van der Waals surface area contributed by atoms with Gasteiger partial charge in [-0.05, 0) is 19.3 Å². The molecule has 1 unspecified atom stereocenters. The van der Waals surface area contributed by atoms with E-state index in [4.69, 9.17) is 9.84 Å². The normalized spacial score (nSPS) is 19.1. The van der Waals surface area contributed by atoms with E-state index < -0.39 is 5.97 Å². The van der Waals surface area contributed by atoms with E-state index in [9.17, 15) is 9.59 Å². The Hall–Kier alpha value is -1.47. The predicted octanol–water partition coefficient (Wildman–Crippen LogP) is 1.42. The minimum absolute atomic E-state index is 0.0135. The van der Waals surface area contributed by atoms with E-state index in [2.05, 4.69) is 10.3 Å². The average molecular weight is 284 g/mol. The molecule has 0 aliphatic carbocycles. The number of carboxylic acids is 1. The lowest BCUT2D eigenvalue weighted by Gasteiger charge is -2.21. The Morgan fingerprint density at radius 3 is 3.00 bits per heavy atom. The molecule has 1 aromatic heterocycles. The van der Waals surface area contributed by atoms with Crippen LogP contribution in [0.25, 0.3) is 0 Å². The summed E-state index contributed by atoms with van der Waals surface area (Å²) in [6, 6.07) is 0. The molecule has 2 N–H and O–H groups in total. The van der Waals surface area contributed by atoms with Crippen molar-refractivity contribution in [1.29, 1.82) is 0 Å². The van der Waals surface area contributed by atoms with Crippen LogP contribution in [0.3, 0.4) is 0 Å². The Kier molecular flexibility index (Phi) is 4.86. The van der Waals surface area contributed by atoms with Crippen molar-refractivity contribution in [3.8, 4) is 0 Å². The Morgan fingerprint density at radius 1 is 1.53 bits per heavy atom. The summed E-state index contributed by atoms with van der Waals surface area (Å²) in [5, 5.41) is 13.5. The molecule has 1 aliphatic rings. The summed E-state index contributed by atoms with van der Waals surface area (Å²) >= 11 is 1.23. The standard InChI is InChI=1S/C12H16N2O4S/c15-10(5-8-3-1-2-4-18-8)13-6-11-14-9(7-19-11)12(16)17/h7-8H,1-6H2,(H,13,15)(H,16,17). The highest BCUT2D eigenvalue weighted by Gasteiger charge is 2.17. The largest absolute Gasteiger partial charge is 0.476 e. The minimum atomic E-state index is -1.05. The lowest BCUT2D eigenvalue weighted by molar-refractivity contribution is -0.125. The molecule has 6 nitrogen and oxygen atoms in total. The van der Waals surface area contributed by atoms with Gasteiger partial charge in [0.25, 0.3) is 0 Å². The second-order valence-corrected chi connectivity index (χ2v) is 5.34. The SMILES string of the molecule is O=C(CC1CCCCO1)NCc1nc(C(=O)O)cs1. The number of hydrogen-bond acceptors (Lipinski definition) is 5. The summed E-state index contributed by atoms with van der Waals surface area (Å²) in [5.74, 6) is -1.14. The predicted molar refractivity (Wildman–Crippen MR) is 69.1 cm³/mol. The van der Waals surface area contributed by atoms with Gasteiger partial charge in [-0.1, -0.05) is 0 Å². The Labute approximate surface area is 114 Å². The maximum atomic E-state index is 11.7. The molecule has 1 aromatic rings. The van der Waals surface area contributed by atoms with Crippen LogP contribution in [0.4, 0.5) is 0 Å². The number of thiazole rings is 1. The van der Waals surface area contributed by atoms with Crippen LogP contribution >= 0.6 is 11.3 Å². The molecule has 2 heterocycles. The molecule has 1 saturated heterocycles. The van der Waals surface area contributed by atoms with Gasteiger partial charge >= 0.3 is 5.97 Å². The van der Waals surface area contributed by atoms with Crippen molar-refractivity contribution in [3.05, 3.63) is 16.1 Å². The Balaban J connectivity index is 1.74. The Morgan fingerprint density at radius 2 is 2.37 bits per heavy atom. The number of ether oxygens (including phenoxy) is 1. The molecule has 1 atom stereocenters. The summed E-state index contributed by atoms with van der Waals surface area (Å²) in [6.45, 7) is 0.996. The van der Waals surface area contributed by atoms with Gasteiger partial charge in [-0.25, -0.2) is 9.78 Å². The van der Waals surface area contributed by atoms with Crippen molar-refractivity contribution in [2.45, 2.75) is 38.3 Å². The molecule has 0 radical (unpaired) electrons. The number of nitrogens with one attached hydrogen (secondary N) is 1. The van der Waals surface area contributed by atoms with Gasteiger partial charge in [0, 0.05) is 12.0 Å². The van der Waals surface area contributed by atoms with Crippen LogP contribution in [0.1, 0.15) is 41.2 Å². The molecule has 1 fully saturated rings. The monoisotopic (exact) mass is 284 g/mol. The molecular formula is C12H16N2O4S. The van der Waals surface area contributed by atoms with Gasteiger partial charge in [-0.15, -0.1) is 11.3 Å². The maximum Gasteiger partial charge on any atom is 0.355 e. The van der Waals surface area contributed by atoms with Crippen molar-refractivity contribution >= 4 is 23.2 Å².